The second-order valence-corrected chi connectivity index (χ2v) is 10.7. The van der Waals surface area contributed by atoms with Crippen molar-refractivity contribution in [1.82, 2.24) is 4.98 Å². The van der Waals surface area contributed by atoms with Crippen LogP contribution in [0.1, 0.15) is 23.6 Å². The van der Waals surface area contributed by atoms with Crippen LogP contribution >= 0.6 is 39.1 Å². The van der Waals surface area contributed by atoms with Gasteiger partial charge in [0.25, 0.3) is 0 Å². The summed E-state index contributed by atoms with van der Waals surface area (Å²) in [7, 11) is 0. The lowest BCUT2D eigenvalue weighted by Gasteiger charge is -2.24. The van der Waals surface area contributed by atoms with Gasteiger partial charge in [-0.1, -0.05) is 63.4 Å². The van der Waals surface area contributed by atoms with Gasteiger partial charge in [-0.05, 0) is 83.9 Å². The molecule has 4 aromatic carbocycles. The Morgan fingerprint density at radius 2 is 1.62 bits per heavy atom. The fourth-order valence-corrected chi connectivity index (χ4v) is 5.18. The molecule has 0 saturated carbocycles. The van der Waals surface area contributed by atoms with E-state index in [1.165, 1.54) is 5.56 Å². The molecule has 0 aliphatic carbocycles. The maximum Gasteiger partial charge on any atom is 0.0831 e. The topological polar surface area (TPSA) is 40.5 Å². The van der Waals surface area contributed by atoms with Crippen molar-refractivity contribution in [1.29, 1.82) is 0 Å². The SMILES string of the molecule is Clc1ccc(N2N=C(c3cccc(Nc4ccnc5cc(Cl)ccc45)c3)CC2c2ccc(Br)cc2)cc1. The highest BCUT2D eigenvalue weighted by molar-refractivity contribution is 9.10. The van der Waals surface area contributed by atoms with Crippen LogP contribution in [0.15, 0.2) is 113 Å². The van der Waals surface area contributed by atoms with E-state index in [9.17, 15) is 0 Å². The predicted octanol–water partition coefficient (Wildman–Crippen LogP) is 9.40. The number of hydrazone groups is 1. The molecule has 1 unspecified atom stereocenters. The van der Waals surface area contributed by atoms with E-state index in [1.807, 2.05) is 48.5 Å². The highest BCUT2D eigenvalue weighted by atomic mass is 79.9. The van der Waals surface area contributed by atoms with Crippen LogP contribution in [0.2, 0.25) is 10.0 Å². The van der Waals surface area contributed by atoms with Crippen molar-refractivity contribution in [3.63, 3.8) is 0 Å². The maximum atomic E-state index is 6.17. The van der Waals surface area contributed by atoms with Gasteiger partial charge in [0.05, 0.1) is 23.0 Å². The second-order valence-electron chi connectivity index (χ2n) is 8.86. The molecule has 0 saturated heterocycles. The number of hydrogen-bond acceptors (Lipinski definition) is 4. The van der Waals surface area contributed by atoms with Crippen LogP contribution in [0.5, 0.6) is 0 Å². The van der Waals surface area contributed by atoms with Gasteiger partial charge >= 0.3 is 0 Å². The van der Waals surface area contributed by atoms with Crippen LogP contribution in [0.4, 0.5) is 17.1 Å². The molecule has 4 nitrogen and oxygen atoms in total. The number of fused-ring (bicyclic) bond motifs is 1. The smallest absolute Gasteiger partial charge is 0.0831 e. The summed E-state index contributed by atoms with van der Waals surface area (Å²) < 4.78 is 1.05. The number of aromatic nitrogens is 1. The van der Waals surface area contributed by atoms with E-state index >= 15 is 0 Å². The minimum Gasteiger partial charge on any atom is -0.355 e. The number of rotatable bonds is 5. The molecule has 0 bridgehead atoms. The molecule has 37 heavy (non-hydrogen) atoms. The Morgan fingerprint density at radius 1 is 0.838 bits per heavy atom. The first-order chi connectivity index (χ1) is 18.0. The second kappa shape index (κ2) is 10.2. The average molecular weight is 588 g/mol. The van der Waals surface area contributed by atoms with Crippen LogP contribution in [0, 0.1) is 0 Å². The number of anilines is 3. The molecule has 1 aliphatic heterocycles. The molecule has 7 heteroatoms. The van der Waals surface area contributed by atoms with E-state index in [1.54, 1.807) is 6.20 Å². The van der Waals surface area contributed by atoms with E-state index in [0.29, 0.717) is 10.0 Å². The zero-order valence-corrected chi connectivity index (χ0v) is 22.7. The zero-order chi connectivity index (χ0) is 25.4. The van der Waals surface area contributed by atoms with Gasteiger partial charge in [-0.25, -0.2) is 0 Å². The number of nitrogens with one attached hydrogen (secondary N) is 1. The molecule has 1 aromatic heterocycles. The first-order valence-electron chi connectivity index (χ1n) is 11.8. The Kier molecular flexibility index (Phi) is 6.59. The molecule has 1 atom stereocenters. The van der Waals surface area contributed by atoms with Crippen LogP contribution < -0.4 is 10.3 Å². The number of benzene rings is 4. The summed E-state index contributed by atoms with van der Waals surface area (Å²) in [6, 6.07) is 32.4. The monoisotopic (exact) mass is 586 g/mol. The van der Waals surface area contributed by atoms with Crippen LogP contribution in [0.3, 0.4) is 0 Å². The molecule has 1 N–H and O–H groups in total. The Hall–Kier alpha value is -3.38. The Bertz CT molecular complexity index is 1620. The Morgan fingerprint density at radius 3 is 2.43 bits per heavy atom. The Labute approximate surface area is 233 Å². The normalized spacial score (nSPS) is 15.2. The first-order valence-corrected chi connectivity index (χ1v) is 13.4. The van der Waals surface area contributed by atoms with Crippen LogP contribution in [-0.2, 0) is 0 Å². The minimum absolute atomic E-state index is 0.0785. The first kappa shape index (κ1) is 24.0. The van der Waals surface area contributed by atoms with Crippen molar-refractivity contribution in [3.8, 4) is 0 Å². The Balaban J connectivity index is 1.34. The standard InChI is InChI=1S/C30H21BrCl2N4/c31-21-6-4-19(5-7-21)30-18-28(36-37(30)25-11-8-22(32)9-12-25)20-2-1-3-24(16-20)35-27-14-15-34-29-17-23(33)10-13-26(27)29/h1-17,30H,18H2,(H,34,35). The summed E-state index contributed by atoms with van der Waals surface area (Å²) in [6.07, 6.45) is 2.57. The molecule has 0 spiro atoms. The van der Waals surface area contributed by atoms with E-state index in [2.05, 4.69) is 79.8 Å². The summed E-state index contributed by atoms with van der Waals surface area (Å²) in [6.45, 7) is 0. The van der Waals surface area contributed by atoms with Crippen LogP contribution in [0.25, 0.3) is 10.9 Å². The van der Waals surface area contributed by atoms with Gasteiger partial charge in [-0.2, -0.15) is 5.10 Å². The molecule has 0 radical (unpaired) electrons. The van der Waals surface area contributed by atoms with Crippen molar-refractivity contribution < 1.29 is 0 Å². The van der Waals surface area contributed by atoms with Gasteiger partial charge in [-0.3, -0.25) is 9.99 Å². The number of nitrogens with zero attached hydrogens (tertiary/aromatic N) is 3. The lowest BCUT2D eigenvalue weighted by molar-refractivity contribution is 0.709. The van der Waals surface area contributed by atoms with E-state index in [-0.39, 0.29) is 6.04 Å². The molecule has 182 valence electrons. The van der Waals surface area contributed by atoms with Gasteiger partial charge in [0.2, 0.25) is 0 Å². The summed E-state index contributed by atoms with van der Waals surface area (Å²) >= 11 is 15.9. The van der Waals surface area contributed by atoms with Crippen molar-refractivity contribution in [2.45, 2.75) is 12.5 Å². The van der Waals surface area contributed by atoms with Gasteiger partial charge < -0.3 is 5.32 Å². The van der Waals surface area contributed by atoms with E-state index in [4.69, 9.17) is 28.3 Å². The van der Waals surface area contributed by atoms with Crippen LogP contribution in [-0.4, -0.2) is 10.7 Å². The average Bonchev–Trinajstić information content (AvgIpc) is 3.35. The maximum absolute atomic E-state index is 6.17. The number of hydrogen-bond donors (Lipinski definition) is 1. The number of halogens is 3. The lowest BCUT2D eigenvalue weighted by atomic mass is 9.98. The third kappa shape index (κ3) is 5.08. The van der Waals surface area contributed by atoms with Crippen molar-refractivity contribution in [2.75, 3.05) is 10.3 Å². The van der Waals surface area contributed by atoms with Crippen molar-refractivity contribution in [3.05, 3.63) is 129 Å². The molecule has 0 amide bonds. The molecule has 2 heterocycles. The lowest BCUT2D eigenvalue weighted by Crippen LogP contribution is -2.18. The third-order valence-corrected chi connectivity index (χ3v) is 7.45. The van der Waals surface area contributed by atoms with Gasteiger partial charge in [0.1, 0.15) is 0 Å². The molecule has 6 rings (SSSR count). The minimum atomic E-state index is 0.0785. The molecule has 1 aliphatic rings. The summed E-state index contributed by atoms with van der Waals surface area (Å²) in [5.41, 5.74) is 7.11. The summed E-state index contributed by atoms with van der Waals surface area (Å²) in [5.74, 6) is 0. The summed E-state index contributed by atoms with van der Waals surface area (Å²) in [4.78, 5) is 4.45. The fraction of sp³-hybridized carbons (Fsp3) is 0.0667. The summed E-state index contributed by atoms with van der Waals surface area (Å²) in [5, 5.41) is 13.1. The van der Waals surface area contributed by atoms with Crippen molar-refractivity contribution >= 4 is 72.8 Å². The van der Waals surface area contributed by atoms with Gasteiger partial charge in [-0.15, -0.1) is 0 Å². The van der Waals surface area contributed by atoms with Gasteiger partial charge in [0.15, 0.2) is 0 Å². The third-order valence-electron chi connectivity index (χ3n) is 6.44. The molecular formula is C30H21BrCl2N4. The molecular weight excluding hydrogens is 567 g/mol. The fourth-order valence-electron chi connectivity index (χ4n) is 4.62. The molecule has 5 aromatic rings. The quantitative estimate of drug-likeness (QED) is 0.223. The molecule has 0 fully saturated rings. The highest BCUT2D eigenvalue weighted by Gasteiger charge is 2.30. The largest absolute Gasteiger partial charge is 0.355 e. The van der Waals surface area contributed by atoms with E-state index in [0.717, 1.165) is 50.1 Å². The van der Waals surface area contributed by atoms with Gasteiger partial charge in [0, 0.05) is 43.9 Å². The highest BCUT2D eigenvalue weighted by Crippen LogP contribution is 2.38. The number of pyridine rings is 1. The van der Waals surface area contributed by atoms with Crippen molar-refractivity contribution in [2.24, 2.45) is 5.10 Å². The van der Waals surface area contributed by atoms with E-state index < -0.39 is 0 Å². The predicted molar refractivity (Wildman–Crippen MR) is 158 cm³/mol. The zero-order valence-electron chi connectivity index (χ0n) is 19.6.